The van der Waals surface area contributed by atoms with E-state index in [1.54, 1.807) is 0 Å². The fourth-order valence-electron chi connectivity index (χ4n) is 1.75. The van der Waals surface area contributed by atoms with Gasteiger partial charge >= 0.3 is 0 Å². The molecule has 0 aliphatic heterocycles. The molecule has 0 aliphatic rings. The number of hydrogen-bond donors (Lipinski definition) is 2. The fourth-order valence-corrected chi connectivity index (χ4v) is 2.88. The maximum Gasteiger partial charge on any atom is 0.294 e. The van der Waals surface area contributed by atoms with Gasteiger partial charge in [0.05, 0.1) is 4.90 Å². The quantitative estimate of drug-likeness (QED) is 0.492. The summed E-state index contributed by atoms with van der Waals surface area (Å²) in [5.41, 5.74) is 0.757. The number of benzene rings is 1. The van der Waals surface area contributed by atoms with Crippen LogP contribution in [0.3, 0.4) is 0 Å². The lowest BCUT2D eigenvalue weighted by atomic mass is 10.2. The van der Waals surface area contributed by atoms with Gasteiger partial charge in [0.25, 0.3) is 10.1 Å². The molecule has 22 heavy (non-hydrogen) atoms. The number of aryl methyl sites for hydroxylation is 1. The summed E-state index contributed by atoms with van der Waals surface area (Å²) >= 11 is 11.5. The van der Waals surface area contributed by atoms with Crippen molar-refractivity contribution in [1.82, 2.24) is 9.97 Å². The molecule has 1 heterocycles. The Bertz CT molecular complexity index is 894. The smallest absolute Gasteiger partial charge is 0.294 e. The fraction of sp³-hybridized carbons (Fsp3) is 0.0833. The summed E-state index contributed by atoms with van der Waals surface area (Å²) in [6.07, 6.45) is 0. The maximum atomic E-state index is 11.1. The highest BCUT2D eigenvalue weighted by Crippen LogP contribution is 2.27. The summed E-state index contributed by atoms with van der Waals surface area (Å²) < 4.78 is 31.4. The second kappa shape index (κ2) is 6.06. The first-order valence-corrected chi connectivity index (χ1v) is 7.90. The van der Waals surface area contributed by atoms with Crippen LogP contribution in [0.25, 0.3) is 0 Å². The number of nitriles is 1. The third-order valence-corrected chi connectivity index (χ3v) is 4.12. The van der Waals surface area contributed by atoms with Crippen LogP contribution in [0.2, 0.25) is 10.4 Å². The third kappa shape index (κ3) is 3.45. The van der Waals surface area contributed by atoms with E-state index < -0.39 is 10.1 Å². The van der Waals surface area contributed by atoms with E-state index in [0.717, 1.165) is 0 Å². The zero-order valence-electron chi connectivity index (χ0n) is 11.0. The number of nitrogens with zero attached hydrogens (tertiary/aromatic N) is 3. The molecule has 2 aromatic rings. The van der Waals surface area contributed by atoms with Crippen LogP contribution >= 0.6 is 23.2 Å². The molecule has 1 aromatic carbocycles. The zero-order valence-corrected chi connectivity index (χ0v) is 13.3. The van der Waals surface area contributed by atoms with Gasteiger partial charge in [0.1, 0.15) is 11.6 Å². The van der Waals surface area contributed by atoms with Gasteiger partial charge in [-0.15, -0.1) is 0 Å². The van der Waals surface area contributed by atoms with Crippen LogP contribution in [0.15, 0.2) is 23.1 Å². The average Bonchev–Trinajstić information content (AvgIpc) is 2.36. The molecule has 7 nitrogen and oxygen atoms in total. The second-order valence-corrected chi connectivity index (χ2v) is 6.29. The number of rotatable bonds is 3. The Morgan fingerprint density at radius 1 is 1.32 bits per heavy atom. The van der Waals surface area contributed by atoms with Crippen molar-refractivity contribution in [2.45, 2.75) is 11.8 Å². The minimum Gasteiger partial charge on any atom is -0.339 e. The standard InChI is InChI=1S/C12H8Cl2N4O3S/c1-6-4-7(2-3-9(6)22(19,20)21)16-11-8(5-15)10(13)17-12(14)18-11/h2-4H,1H3,(H,16,17,18)(H,19,20,21). The molecule has 0 fully saturated rings. The number of aromatic nitrogens is 2. The Labute approximate surface area is 136 Å². The van der Waals surface area contributed by atoms with Crippen LogP contribution in [0.1, 0.15) is 11.1 Å². The third-order valence-electron chi connectivity index (χ3n) is 2.66. The zero-order chi connectivity index (χ0) is 16.5. The first-order valence-electron chi connectivity index (χ1n) is 5.70. The average molecular weight is 359 g/mol. The highest BCUT2D eigenvalue weighted by Gasteiger charge is 2.15. The van der Waals surface area contributed by atoms with Crippen LogP contribution in [0, 0.1) is 18.3 Å². The summed E-state index contributed by atoms with van der Waals surface area (Å²) in [5.74, 6) is 0.0894. The van der Waals surface area contributed by atoms with Gasteiger partial charge in [-0.05, 0) is 42.3 Å². The summed E-state index contributed by atoms with van der Waals surface area (Å²) in [5, 5.41) is 11.6. The van der Waals surface area contributed by atoms with Gasteiger partial charge in [0.2, 0.25) is 5.28 Å². The summed E-state index contributed by atoms with van der Waals surface area (Å²) in [4.78, 5) is 7.31. The van der Waals surface area contributed by atoms with Gasteiger partial charge in [0.15, 0.2) is 11.0 Å². The Morgan fingerprint density at radius 3 is 2.55 bits per heavy atom. The molecular weight excluding hydrogens is 351 g/mol. The minimum absolute atomic E-state index is 0.00239. The lowest BCUT2D eigenvalue weighted by molar-refractivity contribution is 0.482. The first kappa shape index (κ1) is 16.5. The van der Waals surface area contributed by atoms with E-state index in [0.29, 0.717) is 11.3 Å². The molecule has 0 saturated carbocycles. The van der Waals surface area contributed by atoms with Crippen LogP contribution < -0.4 is 5.32 Å². The van der Waals surface area contributed by atoms with E-state index in [1.807, 2.05) is 6.07 Å². The molecule has 0 saturated heterocycles. The van der Waals surface area contributed by atoms with E-state index in [-0.39, 0.29) is 26.7 Å². The van der Waals surface area contributed by atoms with Gasteiger partial charge in [-0.3, -0.25) is 4.55 Å². The van der Waals surface area contributed by atoms with Crippen molar-refractivity contribution in [1.29, 1.82) is 5.26 Å². The highest BCUT2D eigenvalue weighted by molar-refractivity contribution is 7.85. The molecule has 0 aliphatic carbocycles. The van der Waals surface area contributed by atoms with Gasteiger partial charge in [-0.25, -0.2) is 4.98 Å². The monoisotopic (exact) mass is 358 g/mol. The first-order chi connectivity index (χ1) is 10.2. The predicted molar refractivity (Wildman–Crippen MR) is 81.0 cm³/mol. The Balaban J connectivity index is 2.45. The number of halogens is 2. The molecule has 2 rings (SSSR count). The van der Waals surface area contributed by atoms with Crippen LogP contribution in [-0.2, 0) is 10.1 Å². The molecule has 1 aromatic heterocycles. The van der Waals surface area contributed by atoms with Gasteiger partial charge in [-0.2, -0.15) is 18.7 Å². The van der Waals surface area contributed by atoms with Gasteiger partial charge in [-0.1, -0.05) is 11.6 Å². The van der Waals surface area contributed by atoms with E-state index in [2.05, 4.69) is 15.3 Å². The number of hydrogen-bond acceptors (Lipinski definition) is 6. The van der Waals surface area contributed by atoms with Crippen LogP contribution in [0.4, 0.5) is 11.5 Å². The maximum absolute atomic E-state index is 11.1. The molecule has 0 bridgehead atoms. The molecule has 2 N–H and O–H groups in total. The van der Waals surface area contributed by atoms with E-state index in [4.69, 9.17) is 33.0 Å². The molecule has 0 radical (unpaired) electrons. The summed E-state index contributed by atoms with van der Waals surface area (Å²) in [7, 11) is -4.30. The summed E-state index contributed by atoms with van der Waals surface area (Å²) in [6, 6.07) is 5.94. The lowest BCUT2D eigenvalue weighted by Gasteiger charge is -2.10. The Morgan fingerprint density at radius 2 is 2.00 bits per heavy atom. The van der Waals surface area contributed by atoms with Crippen LogP contribution in [0.5, 0.6) is 0 Å². The van der Waals surface area contributed by atoms with Gasteiger partial charge in [0, 0.05) is 5.69 Å². The largest absolute Gasteiger partial charge is 0.339 e. The number of anilines is 2. The van der Waals surface area contributed by atoms with E-state index in [1.165, 1.54) is 25.1 Å². The SMILES string of the molecule is Cc1cc(Nc2nc(Cl)nc(Cl)c2C#N)ccc1S(=O)(=O)O. The Kier molecular flexibility index (Phi) is 4.53. The molecule has 0 amide bonds. The van der Waals surface area contributed by atoms with Crippen molar-refractivity contribution in [2.75, 3.05) is 5.32 Å². The molecule has 114 valence electrons. The lowest BCUT2D eigenvalue weighted by Crippen LogP contribution is -2.03. The van der Waals surface area contributed by atoms with Gasteiger partial charge < -0.3 is 5.32 Å². The van der Waals surface area contributed by atoms with E-state index in [9.17, 15) is 8.42 Å². The van der Waals surface area contributed by atoms with Crippen molar-refractivity contribution in [3.05, 3.63) is 39.8 Å². The van der Waals surface area contributed by atoms with Crippen molar-refractivity contribution in [3.8, 4) is 6.07 Å². The van der Waals surface area contributed by atoms with Crippen molar-refractivity contribution >= 4 is 44.8 Å². The van der Waals surface area contributed by atoms with Crippen molar-refractivity contribution in [3.63, 3.8) is 0 Å². The molecule has 10 heteroatoms. The van der Waals surface area contributed by atoms with Crippen LogP contribution in [-0.4, -0.2) is 22.9 Å². The Hall–Kier alpha value is -1.92. The van der Waals surface area contributed by atoms with Crippen molar-refractivity contribution < 1.29 is 13.0 Å². The minimum atomic E-state index is -4.30. The number of nitrogens with one attached hydrogen (secondary N) is 1. The molecule has 0 atom stereocenters. The van der Waals surface area contributed by atoms with Crippen molar-refractivity contribution in [2.24, 2.45) is 0 Å². The predicted octanol–water partition coefficient (Wildman–Crippen LogP) is 2.95. The second-order valence-electron chi connectivity index (χ2n) is 4.20. The molecular formula is C12H8Cl2N4O3S. The normalized spacial score (nSPS) is 11.0. The highest BCUT2D eigenvalue weighted by atomic mass is 35.5. The molecule has 0 spiro atoms. The van der Waals surface area contributed by atoms with E-state index >= 15 is 0 Å². The molecule has 0 unspecified atom stereocenters. The topological polar surface area (TPSA) is 116 Å². The summed E-state index contributed by atoms with van der Waals surface area (Å²) in [6.45, 7) is 1.51.